The molecule has 0 saturated carbocycles. The van der Waals surface area contributed by atoms with Gasteiger partial charge in [-0.05, 0) is 50.3 Å². The summed E-state index contributed by atoms with van der Waals surface area (Å²) in [4.78, 5) is 16.3. The zero-order chi connectivity index (χ0) is 20.8. The Morgan fingerprint density at radius 2 is 2.10 bits per heavy atom. The van der Waals surface area contributed by atoms with Crippen LogP contribution < -0.4 is 10.6 Å². The Balaban J connectivity index is 1.59. The van der Waals surface area contributed by atoms with Gasteiger partial charge in [-0.15, -0.1) is 0 Å². The first kappa shape index (κ1) is 20.8. The number of thiocarbonyl (C=S) groups is 1. The molecule has 0 spiro atoms. The fourth-order valence-corrected chi connectivity index (χ4v) is 2.91. The standard InChI is InChI=1S/C20H19ClN4O3S/c1-3-27-19(26)15-10-14(7-8-16(15)21)23-20(29)22-11-17-24-18(25-28-17)13-6-4-5-12(2)9-13/h4-10H,3,11H2,1-2H3,(H2,22,23,29). The number of aromatic nitrogens is 2. The van der Waals surface area contributed by atoms with Crippen LogP contribution in [-0.2, 0) is 11.3 Å². The van der Waals surface area contributed by atoms with Gasteiger partial charge in [0.05, 0.1) is 23.7 Å². The Bertz CT molecular complexity index is 1040. The van der Waals surface area contributed by atoms with Gasteiger partial charge in [-0.25, -0.2) is 4.79 Å². The molecule has 0 amide bonds. The number of rotatable bonds is 6. The van der Waals surface area contributed by atoms with Crippen LogP contribution in [-0.4, -0.2) is 27.8 Å². The Kier molecular flexibility index (Phi) is 6.79. The van der Waals surface area contributed by atoms with Gasteiger partial charge in [0.15, 0.2) is 5.11 Å². The van der Waals surface area contributed by atoms with Crippen molar-refractivity contribution in [2.45, 2.75) is 20.4 Å². The lowest BCUT2D eigenvalue weighted by Gasteiger charge is -2.11. The number of hydrogen-bond donors (Lipinski definition) is 2. The van der Waals surface area contributed by atoms with E-state index in [1.807, 2.05) is 31.2 Å². The molecular weight excluding hydrogens is 412 g/mol. The highest BCUT2D eigenvalue weighted by Gasteiger charge is 2.13. The first-order chi connectivity index (χ1) is 14.0. The second-order valence-electron chi connectivity index (χ2n) is 6.10. The van der Waals surface area contributed by atoms with Gasteiger partial charge in [0.2, 0.25) is 11.7 Å². The molecule has 3 aromatic rings. The van der Waals surface area contributed by atoms with Gasteiger partial charge < -0.3 is 19.9 Å². The predicted molar refractivity (Wildman–Crippen MR) is 115 cm³/mol. The van der Waals surface area contributed by atoms with E-state index in [0.717, 1.165) is 11.1 Å². The second kappa shape index (κ2) is 9.49. The summed E-state index contributed by atoms with van der Waals surface area (Å²) in [5.74, 6) is 0.421. The van der Waals surface area contributed by atoms with Gasteiger partial charge in [0.25, 0.3) is 0 Å². The first-order valence-corrected chi connectivity index (χ1v) is 9.66. The quantitative estimate of drug-likeness (QED) is 0.440. The zero-order valence-corrected chi connectivity index (χ0v) is 17.4. The van der Waals surface area contributed by atoms with Crippen molar-refractivity contribution in [1.29, 1.82) is 0 Å². The lowest BCUT2D eigenvalue weighted by atomic mass is 10.1. The van der Waals surface area contributed by atoms with Crippen LogP contribution in [0.15, 0.2) is 47.0 Å². The third-order valence-corrected chi connectivity index (χ3v) is 4.44. The van der Waals surface area contributed by atoms with Crippen molar-refractivity contribution in [3.63, 3.8) is 0 Å². The molecule has 0 bridgehead atoms. The number of anilines is 1. The van der Waals surface area contributed by atoms with Crippen LogP contribution in [0.1, 0.15) is 28.7 Å². The SMILES string of the molecule is CCOC(=O)c1cc(NC(=S)NCc2nc(-c3cccc(C)c3)no2)ccc1Cl. The second-order valence-corrected chi connectivity index (χ2v) is 6.92. The summed E-state index contributed by atoms with van der Waals surface area (Å²) >= 11 is 11.3. The molecule has 0 saturated heterocycles. The fourth-order valence-electron chi connectivity index (χ4n) is 2.53. The molecule has 0 atom stereocenters. The number of nitrogens with one attached hydrogen (secondary N) is 2. The summed E-state index contributed by atoms with van der Waals surface area (Å²) in [6.45, 7) is 4.25. The van der Waals surface area contributed by atoms with Gasteiger partial charge in [-0.2, -0.15) is 4.98 Å². The molecule has 0 aliphatic heterocycles. The van der Waals surface area contributed by atoms with Crippen molar-refractivity contribution in [1.82, 2.24) is 15.5 Å². The van der Waals surface area contributed by atoms with Crippen LogP contribution in [0.5, 0.6) is 0 Å². The summed E-state index contributed by atoms with van der Waals surface area (Å²) in [7, 11) is 0. The molecule has 0 aliphatic carbocycles. The highest BCUT2D eigenvalue weighted by Crippen LogP contribution is 2.22. The Morgan fingerprint density at radius 3 is 2.86 bits per heavy atom. The van der Waals surface area contributed by atoms with Gasteiger partial charge >= 0.3 is 5.97 Å². The number of carbonyl (C=O) groups is 1. The number of nitrogens with zero attached hydrogens (tertiary/aromatic N) is 2. The van der Waals surface area contributed by atoms with E-state index in [4.69, 9.17) is 33.1 Å². The van der Waals surface area contributed by atoms with Crippen molar-refractivity contribution < 1.29 is 14.1 Å². The molecular formula is C20H19ClN4O3S. The summed E-state index contributed by atoms with van der Waals surface area (Å²) in [6, 6.07) is 12.7. The van der Waals surface area contributed by atoms with E-state index in [1.165, 1.54) is 0 Å². The molecule has 9 heteroatoms. The van der Waals surface area contributed by atoms with Gasteiger partial charge in [0, 0.05) is 11.3 Å². The maximum Gasteiger partial charge on any atom is 0.339 e. The average Bonchev–Trinajstić information content (AvgIpc) is 3.17. The summed E-state index contributed by atoms with van der Waals surface area (Å²) in [6.07, 6.45) is 0. The molecule has 150 valence electrons. The van der Waals surface area contributed by atoms with Crippen molar-refractivity contribution in [2.75, 3.05) is 11.9 Å². The first-order valence-electron chi connectivity index (χ1n) is 8.87. The predicted octanol–water partition coefficient (Wildman–Crippen LogP) is 4.36. The van der Waals surface area contributed by atoms with Crippen molar-refractivity contribution in [3.8, 4) is 11.4 Å². The maximum absolute atomic E-state index is 11.9. The lowest BCUT2D eigenvalue weighted by Crippen LogP contribution is -2.28. The molecule has 2 N–H and O–H groups in total. The summed E-state index contributed by atoms with van der Waals surface area (Å²) in [5, 5.41) is 10.6. The summed E-state index contributed by atoms with van der Waals surface area (Å²) < 4.78 is 10.3. The van der Waals surface area contributed by atoms with Crippen LogP contribution >= 0.6 is 23.8 Å². The number of benzene rings is 2. The Morgan fingerprint density at radius 1 is 1.28 bits per heavy atom. The molecule has 3 rings (SSSR count). The number of aryl methyl sites for hydroxylation is 1. The highest BCUT2D eigenvalue weighted by atomic mass is 35.5. The van der Waals surface area contributed by atoms with E-state index in [2.05, 4.69) is 20.8 Å². The Hall–Kier alpha value is -2.97. The summed E-state index contributed by atoms with van der Waals surface area (Å²) in [5.41, 5.74) is 2.86. The minimum Gasteiger partial charge on any atom is -0.462 e. The van der Waals surface area contributed by atoms with Gasteiger partial charge in [0.1, 0.15) is 0 Å². The number of hydrogen-bond acceptors (Lipinski definition) is 6. The topological polar surface area (TPSA) is 89.3 Å². The van der Waals surface area contributed by atoms with E-state index < -0.39 is 5.97 Å². The third kappa shape index (κ3) is 5.52. The molecule has 0 unspecified atom stereocenters. The number of carbonyl (C=O) groups excluding carboxylic acids is 1. The van der Waals surface area contributed by atoms with Crippen LogP contribution in [0.25, 0.3) is 11.4 Å². The van der Waals surface area contributed by atoms with Crippen LogP contribution in [0.2, 0.25) is 5.02 Å². The maximum atomic E-state index is 11.9. The molecule has 7 nitrogen and oxygen atoms in total. The minimum atomic E-state index is -0.491. The molecule has 0 radical (unpaired) electrons. The monoisotopic (exact) mass is 430 g/mol. The van der Waals surface area contributed by atoms with Crippen LogP contribution in [0.3, 0.4) is 0 Å². The molecule has 0 fully saturated rings. The van der Waals surface area contributed by atoms with Crippen molar-refractivity contribution in [3.05, 3.63) is 64.5 Å². The third-order valence-electron chi connectivity index (χ3n) is 3.86. The number of halogens is 1. The largest absolute Gasteiger partial charge is 0.462 e. The smallest absolute Gasteiger partial charge is 0.339 e. The van der Waals surface area contributed by atoms with Crippen LogP contribution in [0.4, 0.5) is 5.69 Å². The minimum absolute atomic E-state index is 0.253. The zero-order valence-electron chi connectivity index (χ0n) is 15.9. The molecule has 2 aromatic carbocycles. The number of esters is 1. The van der Waals surface area contributed by atoms with E-state index in [9.17, 15) is 4.79 Å². The van der Waals surface area contributed by atoms with E-state index in [-0.39, 0.29) is 18.7 Å². The molecule has 0 aliphatic rings. The van der Waals surface area contributed by atoms with E-state index in [0.29, 0.717) is 27.5 Å². The lowest BCUT2D eigenvalue weighted by molar-refractivity contribution is 0.0526. The van der Waals surface area contributed by atoms with Gasteiger partial charge in [-0.1, -0.05) is 40.5 Å². The van der Waals surface area contributed by atoms with Gasteiger partial charge in [-0.3, -0.25) is 0 Å². The molecule has 29 heavy (non-hydrogen) atoms. The average molecular weight is 431 g/mol. The highest BCUT2D eigenvalue weighted by molar-refractivity contribution is 7.80. The normalized spacial score (nSPS) is 10.4. The number of ether oxygens (including phenoxy) is 1. The Labute approximate surface area is 178 Å². The molecule has 1 aromatic heterocycles. The van der Waals surface area contributed by atoms with E-state index in [1.54, 1.807) is 25.1 Å². The van der Waals surface area contributed by atoms with Crippen molar-refractivity contribution in [2.24, 2.45) is 0 Å². The molecule has 1 heterocycles. The van der Waals surface area contributed by atoms with E-state index >= 15 is 0 Å². The van der Waals surface area contributed by atoms with Crippen molar-refractivity contribution >= 4 is 40.6 Å². The fraction of sp³-hybridized carbons (Fsp3) is 0.200. The van der Waals surface area contributed by atoms with Crippen LogP contribution in [0, 0.1) is 6.92 Å².